The van der Waals surface area contributed by atoms with E-state index in [0.717, 1.165) is 38.5 Å². The molecule has 2 rings (SSSR count). The number of hydrogen-bond donors (Lipinski definition) is 2. The number of carbonyl (C=O) groups is 3. The van der Waals surface area contributed by atoms with Crippen LogP contribution in [0.3, 0.4) is 0 Å². The molecule has 2 fully saturated rings. The van der Waals surface area contributed by atoms with Crippen LogP contribution in [0, 0.1) is 0 Å². The summed E-state index contributed by atoms with van der Waals surface area (Å²) < 4.78 is 9.53. The number of carboxylic acid groups (broad SMARTS) is 2. The van der Waals surface area contributed by atoms with Crippen LogP contribution >= 0.6 is 0 Å². The quantitative estimate of drug-likeness (QED) is 0.659. The molecule has 0 atom stereocenters. The normalized spacial score (nSPS) is 18.6. The van der Waals surface area contributed by atoms with E-state index in [-0.39, 0.29) is 11.9 Å². The molecule has 0 unspecified atom stereocenters. The van der Waals surface area contributed by atoms with Crippen molar-refractivity contribution in [3.63, 3.8) is 0 Å². The third-order valence-electron chi connectivity index (χ3n) is 2.58. The van der Waals surface area contributed by atoms with Gasteiger partial charge in [0.1, 0.15) is 0 Å². The molecule has 116 valence electrons. The second-order valence-corrected chi connectivity index (χ2v) is 4.34. The first kappa shape index (κ1) is 18.2. The molecule has 2 aliphatic rings. The Kier molecular flexibility index (Phi) is 11.2. The highest BCUT2D eigenvalue weighted by molar-refractivity contribution is 5.69. The summed E-state index contributed by atoms with van der Waals surface area (Å²) in [5, 5.41) is 13.9. The van der Waals surface area contributed by atoms with Crippen molar-refractivity contribution in [3.8, 4) is 0 Å². The molecule has 2 heterocycles. The Hall–Kier alpha value is -1.79. The van der Waals surface area contributed by atoms with Crippen LogP contribution in [0.1, 0.15) is 51.4 Å². The number of esters is 2. The van der Waals surface area contributed by atoms with E-state index in [1.807, 2.05) is 0 Å². The minimum Gasteiger partial charge on any atom is -0.466 e. The van der Waals surface area contributed by atoms with Gasteiger partial charge in [-0.25, -0.2) is 4.79 Å². The maximum atomic E-state index is 10.5. The zero-order valence-electron chi connectivity index (χ0n) is 11.5. The summed E-state index contributed by atoms with van der Waals surface area (Å²) in [7, 11) is 0. The summed E-state index contributed by atoms with van der Waals surface area (Å²) in [6, 6.07) is 0. The summed E-state index contributed by atoms with van der Waals surface area (Å²) in [5.41, 5.74) is 0. The first-order valence-corrected chi connectivity index (χ1v) is 6.75. The van der Waals surface area contributed by atoms with Gasteiger partial charge < -0.3 is 19.7 Å². The Bertz CT molecular complexity index is 253. The van der Waals surface area contributed by atoms with Gasteiger partial charge in [-0.2, -0.15) is 0 Å². The maximum absolute atomic E-state index is 10.5. The van der Waals surface area contributed by atoms with Gasteiger partial charge in [-0.3, -0.25) is 9.59 Å². The van der Waals surface area contributed by atoms with Crippen LogP contribution in [0.2, 0.25) is 0 Å². The van der Waals surface area contributed by atoms with Crippen LogP contribution in [0.25, 0.3) is 0 Å². The number of ether oxygens (including phenoxy) is 2. The summed E-state index contributed by atoms with van der Waals surface area (Å²) >= 11 is 0. The molecule has 20 heavy (non-hydrogen) atoms. The van der Waals surface area contributed by atoms with E-state index in [1.54, 1.807) is 0 Å². The zero-order chi connectivity index (χ0) is 15.2. The molecule has 0 saturated carbocycles. The fraction of sp³-hybridized carbons (Fsp3) is 0.769. The zero-order valence-corrected chi connectivity index (χ0v) is 11.5. The highest BCUT2D eigenvalue weighted by Gasteiger charge is 2.06. The Morgan fingerprint density at radius 1 is 0.750 bits per heavy atom. The second kappa shape index (κ2) is 12.3. The van der Waals surface area contributed by atoms with Crippen LogP contribution in [-0.4, -0.2) is 41.5 Å². The highest BCUT2D eigenvalue weighted by Crippen LogP contribution is 2.07. The van der Waals surface area contributed by atoms with Crippen LogP contribution in [-0.2, 0) is 19.1 Å². The maximum Gasteiger partial charge on any atom is 0.503 e. The van der Waals surface area contributed by atoms with Crippen molar-refractivity contribution in [2.24, 2.45) is 0 Å². The van der Waals surface area contributed by atoms with Crippen molar-refractivity contribution >= 4 is 18.1 Å². The van der Waals surface area contributed by atoms with E-state index in [4.69, 9.17) is 24.5 Å². The molecule has 0 radical (unpaired) electrons. The van der Waals surface area contributed by atoms with E-state index in [9.17, 15) is 9.59 Å². The fourth-order valence-electron chi connectivity index (χ4n) is 1.61. The molecule has 2 aliphatic heterocycles. The van der Waals surface area contributed by atoms with Crippen molar-refractivity contribution in [1.82, 2.24) is 0 Å². The number of hydrogen-bond acceptors (Lipinski definition) is 5. The Balaban J connectivity index is 0.000000289. The topological polar surface area (TPSA) is 110 Å². The van der Waals surface area contributed by atoms with Gasteiger partial charge in [-0.05, 0) is 38.5 Å². The van der Waals surface area contributed by atoms with Gasteiger partial charge in [0.2, 0.25) is 0 Å². The average molecular weight is 290 g/mol. The average Bonchev–Trinajstić information content (AvgIpc) is 2.74. The molecule has 7 nitrogen and oxygen atoms in total. The van der Waals surface area contributed by atoms with Crippen molar-refractivity contribution in [3.05, 3.63) is 0 Å². The lowest BCUT2D eigenvalue weighted by atomic mass is 10.2. The Labute approximate surface area is 117 Å². The molecule has 0 aromatic carbocycles. The minimum absolute atomic E-state index is 0.0255. The monoisotopic (exact) mass is 290 g/mol. The summed E-state index contributed by atoms with van der Waals surface area (Å²) in [5.74, 6) is -0.0509. The summed E-state index contributed by atoms with van der Waals surface area (Å²) in [4.78, 5) is 29.5. The Morgan fingerprint density at radius 2 is 1.10 bits per heavy atom. The van der Waals surface area contributed by atoms with Crippen LogP contribution in [0.5, 0.6) is 0 Å². The van der Waals surface area contributed by atoms with Crippen molar-refractivity contribution in [2.45, 2.75) is 51.4 Å². The first-order chi connectivity index (χ1) is 9.52. The van der Waals surface area contributed by atoms with Gasteiger partial charge in [-0.15, -0.1) is 0 Å². The highest BCUT2D eigenvalue weighted by atomic mass is 16.6. The predicted octanol–water partition coefficient (Wildman–Crippen LogP) is 2.43. The van der Waals surface area contributed by atoms with Gasteiger partial charge in [0.25, 0.3) is 0 Å². The Morgan fingerprint density at radius 3 is 1.45 bits per heavy atom. The molecular weight excluding hydrogens is 268 g/mol. The summed E-state index contributed by atoms with van der Waals surface area (Å²) in [6.45, 7) is 1.28. The number of cyclic esters (lactones) is 2. The molecule has 0 aromatic rings. The lowest BCUT2D eigenvalue weighted by Crippen LogP contribution is -2.00. The smallest absolute Gasteiger partial charge is 0.466 e. The van der Waals surface area contributed by atoms with E-state index in [2.05, 4.69) is 0 Å². The molecule has 2 N–H and O–H groups in total. The molecule has 2 saturated heterocycles. The predicted molar refractivity (Wildman–Crippen MR) is 69.5 cm³/mol. The third kappa shape index (κ3) is 14.3. The third-order valence-corrected chi connectivity index (χ3v) is 2.58. The first-order valence-electron chi connectivity index (χ1n) is 6.75. The van der Waals surface area contributed by atoms with Crippen molar-refractivity contribution < 1.29 is 34.1 Å². The lowest BCUT2D eigenvalue weighted by molar-refractivity contribution is -0.143. The standard InChI is InChI=1S/2C6H10O2.CH2O3/c2*7-6-4-2-1-3-5-8-6;2-1(3)4/h2*1-5H2;(H2,2,3,4). The SMILES string of the molecule is O=C(O)O.O=C1CCCCCO1.O=C1CCCCCO1. The molecule has 0 bridgehead atoms. The van der Waals surface area contributed by atoms with Gasteiger partial charge >= 0.3 is 18.1 Å². The number of carbonyl (C=O) groups excluding carboxylic acids is 2. The largest absolute Gasteiger partial charge is 0.503 e. The van der Waals surface area contributed by atoms with Gasteiger partial charge in [0, 0.05) is 12.8 Å². The molecule has 0 aromatic heterocycles. The van der Waals surface area contributed by atoms with Gasteiger partial charge in [-0.1, -0.05) is 0 Å². The van der Waals surface area contributed by atoms with Crippen molar-refractivity contribution in [2.75, 3.05) is 13.2 Å². The molecular formula is C13H22O7. The van der Waals surface area contributed by atoms with Crippen LogP contribution in [0.15, 0.2) is 0 Å². The van der Waals surface area contributed by atoms with E-state index in [1.165, 1.54) is 0 Å². The molecule has 7 heteroatoms. The number of rotatable bonds is 0. The summed E-state index contributed by atoms with van der Waals surface area (Å²) in [6.07, 6.45) is 5.83. The van der Waals surface area contributed by atoms with E-state index < -0.39 is 6.16 Å². The minimum atomic E-state index is -1.83. The lowest BCUT2D eigenvalue weighted by Gasteiger charge is -1.93. The van der Waals surface area contributed by atoms with E-state index >= 15 is 0 Å². The molecule has 0 spiro atoms. The van der Waals surface area contributed by atoms with Crippen LogP contribution < -0.4 is 0 Å². The molecule has 0 amide bonds. The van der Waals surface area contributed by atoms with Gasteiger partial charge in [0.15, 0.2) is 0 Å². The van der Waals surface area contributed by atoms with Crippen LogP contribution in [0.4, 0.5) is 4.79 Å². The second-order valence-electron chi connectivity index (χ2n) is 4.34. The fourth-order valence-corrected chi connectivity index (χ4v) is 1.61. The van der Waals surface area contributed by atoms with Gasteiger partial charge in [0.05, 0.1) is 13.2 Å². The van der Waals surface area contributed by atoms with E-state index in [0.29, 0.717) is 26.1 Å². The van der Waals surface area contributed by atoms with Crippen molar-refractivity contribution in [1.29, 1.82) is 0 Å². The molecule has 0 aliphatic carbocycles.